The Labute approximate surface area is 126 Å². The van der Waals surface area contributed by atoms with E-state index >= 15 is 0 Å². The Morgan fingerprint density at radius 3 is 2.33 bits per heavy atom. The van der Waals surface area contributed by atoms with Crippen LogP contribution in [0.2, 0.25) is 0 Å². The second-order valence-corrected chi connectivity index (χ2v) is 5.19. The average molecular weight is 286 g/mol. The lowest BCUT2D eigenvalue weighted by Crippen LogP contribution is -2.33. The number of nitrogens with zero attached hydrogens (tertiary/aromatic N) is 1. The second-order valence-electron chi connectivity index (χ2n) is 5.19. The Hall–Kier alpha value is -1.71. The maximum Gasteiger partial charge on any atom is 0.127 e. The molecule has 0 aliphatic heterocycles. The van der Waals surface area contributed by atoms with Gasteiger partial charge in [-0.3, -0.25) is 4.90 Å². The topological polar surface area (TPSA) is 29.3 Å². The summed E-state index contributed by atoms with van der Waals surface area (Å²) >= 11 is 0. The summed E-state index contributed by atoms with van der Waals surface area (Å²) in [7, 11) is 0. The second kappa shape index (κ2) is 7.91. The van der Waals surface area contributed by atoms with Crippen LogP contribution in [0.25, 0.3) is 0 Å². The first kappa shape index (κ1) is 15.7. The fourth-order valence-corrected chi connectivity index (χ4v) is 2.75. The third-order valence-corrected chi connectivity index (χ3v) is 3.74. The summed E-state index contributed by atoms with van der Waals surface area (Å²) in [5.41, 5.74) is 7.73. The lowest BCUT2D eigenvalue weighted by Gasteiger charge is -2.31. The van der Waals surface area contributed by atoms with E-state index in [0.717, 1.165) is 25.1 Å². The molecule has 0 heterocycles. The van der Waals surface area contributed by atoms with Crippen LogP contribution in [-0.4, -0.2) is 18.0 Å². The SMILES string of the molecule is CCC(c1ccccc1F)N(CCN)Cc1ccccc1. The van der Waals surface area contributed by atoms with Crippen molar-refractivity contribution in [2.45, 2.75) is 25.9 Å². The molecule has 0 aliphatic rings. The van der Waals surface area contributed by atoms with E-state index in [1.54, 1.807) is 6.07 Å². The lowest BCUT2D eigenvalue weighted by molar-refractivity contribution is 0.184. The molecule has 0 radical (unpaired) electrons. The summed E-state index contributed by atoms with van der Waals surface area (Å²) in [6.07, 6.45) is 0.855. The standard InChI is InChI=1S/C18H23FN2/c1-2-18(16-10-6-7-11-17(16)19)21(13-12-20)14-15-8-4-3-5-9-15/h3-11,18H,2,12-14,20H2,1H3. The fourth-order valence-electron chi connectivity index (χ4n) is 2.75. The van der Waals surface area contributed by atoms with Gasteiger partial charge in [0.25, 0.3) is 0 Å². The molecule has 0 aromatic heterocycles. The monoisotopic (exact) mass is 286 g/mol. The molecule has 112 valence electrons. The zero-order valence-corrected chi connectivity index (χ0v) is 12.5. The highest BCUT2D eigenvalue weighted by Gasteiger charge is 2.21. The van der Waals surface area contributed by atoms with Crippen LogP contribution in [0.3, 0.4) is 0 Å². The minimum atomic E-state index is -0.139. The molecule has 1 atom stereocenters. The van der Waals surface area contributed by atoms with Crippen LogP contribution >= 0.6 is 0 Å². The largest absolute Gasteiger partial charge is 0.329 e. The van der Waals surface area contributed by atoms with E-state index in [1.807, 2.05) is 30.3 Å². The van der Waals surface area contributed by atoms with Crippen LogP contribution < -0.4 is 5.73 Å². The predicted octanol–water partition coefficient (Wildman–Crippen LogP) is 3.74. The molecule has 1 unspecified atom stereocenters. The van der Waals surface area contributed by atoms with Crippen molar-refractivity contribution in [3.8, 4) is 0 Å². The first-order valence-electron chi connectivity index (χ1n) is 7.48. The van der Waals surface area contributed by atoms with E-state index < -0.39 is 0 Å². The molecule has 0 aliphatic carbocycles. The molecule has 2 nitrogen and oxygen atoms in total. The van der Waals surface area contributed by atoms with Crippen molar-refractivity contribution in [1.29, 1.82) is 0 Å². The highest BCUT2D eigenvalue weighted by atomic mass is 19.1. The van der Waals surface area contributed by atoms with Crippen LogP contribution in [0.4, 0.5) is 4.39 Å². The van der Waals surface area contributed by atoms with Gasteiger partial charge in [0.1, 0.15) is 5.82 Å². The van der Waals surface area contributed by atoms with Crippen molar-refractivity contribution in [2.24, 2.45) is 5.73 Å². The highest BCUT2D eigenvalue weighted by Crippen LogP contribution is 2.27. The van der Waals surface area contributed by atoms with Gasteiger partial charge in [0.05, 0.1) is 0 Å². The first-order chi connectivity index (χ1) is 10.3. The maximum atomic E-state index is 14.1. The smallest absolute Gasteiger partial charge is 0.127 e. The summed E-state index contributed by atoms with van der Waals surface area (Å²) in [4.78, 5) is 2.26. The van der Waals surface area contributed by atoms with Gasteiger partial charge in [0.2, 0.25) is 0 Å². The van der Waals surface area contributed by atoms with Crippen molar-refractivity contribution in [1.82, 2.24) is 4.90 Å². The summed E-state index contributed by atoms with van der Waals surface area (Å²) in [6, 6.07) is 17.3. The minimum absolute atomic E-state index is 0.0509. The Kier molecular flexibility index (Phi) is 5.90. The molecule has 3 heteroatoms. The molecule has 2 aromatic rings. The normalized spacial score (nSPS) is 12.6. The third-order valence-electron chi connectivity index (χ3n) is 3.74. The lowest BCUT2D eigenvalue weighted by atomic mass is 10.0. The predicted molar refractivity (Wildman–Crippen MR) is 85.3 cm³/mol. The summed E-state index contributed by atoms with van der Waals surface area (Å²) in [6.45, 7) is 4.19. The Morgan fingerprint density at radius 1 is 1.05 bits per heavy atom. The molecule has 0 saturated heterocycles. The van der Waals surface area contributed by atoms with Crippen molar-refractivity contribution < 1.29 is 4.39 Å². The van der Waals surface area contributed by atoms with Gasteiger partial charge in [0.15, 0.2) is 0 Å². The quantitative estimate of drug-likeness (QED) is 0.840. The van der Waals surface area contributed by atoms with Gasteiger partial charge in [-0.2, -0.15) is 0 Å². The Morgan fingerprint density at radius 2 is 1.71 bits per heavy atom. The molecule has 21 heavy (non-hydrogen) atoms. The van der Waals surface area contributed by atoms with Gasteiger partial charge in [-0.1, -0.05) is 55.5 Å². The molecule has 0 saturated carbocycles. The van der Waals surface area contributed by atoms with Gasteiger partial charge < -0.3 is 5.73 Å². The Balaban J connectivity index is 2.24. The first-order valence-corrected chi connectivity index (χ1v) is 7.48. The summed E-state index contributed by atoms with van der Waals surface area (Å²) < 4.78 is 14.1. The van der Waals surface area contributed by atoms with Crippen LogP contribution in [-0.2, 0) is 6.54 Å². The van der Waals surface area contributed by atoms with Gasteiger partial charge in [-0.25, -0.2) is 4.39 Å². The molecule has 0 bridgehead atoms. The van der Waals surface area contributed by atoms with Gasteiger partial charge in [-0.05, 0) is 18.1 Å². The fraction of sp³-hybridized carbons (Fsp3) is 0.333. The zero-order chi connectivity index (χ0) is 15.1. The van der Waals surface area contributed by atoms with E-state index in [2.05, 4.69) is 24.0 Å². The van der Waals surface area contributed by atoms with Crippen LogP contribution in [0.15, 0.2) is 54.6 Å². The van der Waals surface area contributed by atoms with Crippen molar-refractivity contribution in [2.75, 3.05) is 13.1 Å². The van der Waals surface area contributed by atoms with E-state index in [-0.39, 0.29) is 11.9 Å². The van der Waals surface area contributed by atoms with Gasteiger partial charge in [0, 0.05) is 31.2 Å². The number of hydrogen-bond acceptors (Lipinski definition) is 2. The molecular formula is C18H23FN2. The van der Waals surface area contributed by atoms with Crippen LogP contribution in [0.1, 0.15) is 30.5 Å². The number of halogens is 1. The average Bonchev–Trinajstić information content (AvgIpc) is 2.51. The third kappa shape index (κ3) is 4.13. The van der Waals surface area contributed by atoms with Crippen LogP contribution in [0, 0.1) is 5.82 Å². The Bertz CT molecular complexity index is 542. The molecular weight excluding hydrogens is 263 g/mol. The highest BCUT2D eigenvalue weighted by molar-refractivity contribution is 5.22. The van der Waals surface area contributed by atoms with E-state index in [4.69, 9.17) is 5.73 Å². The number of rotatable bonds is 7. The number of benzene rings is 2. The minimum Gasteiger partial charge on any atom is -0.329 e. The molecule has 2 N–H and O–H groups in total. The summed E-state index contributed by atoms with van der Waals surface area (Å²) in [5, 5.41) is 0. The molecule has 0 spiro atoms. The van der Waals surface area contributed by atoms with Crippen molar-refractivity contribution in [3.05, 3.63) is 71.5 Å². The molecule has 2 rings (SSSR count). The van der Waals surface area contributed by atoms with Gasteiger partial charge in [-0.15, -0.1) is 0 Å². The van der Waals surface area contributed by atoms with E-state index in [0.29, 0.717) is 6.54 Å². The number of nitrogens with two attached hydrogens (primary N) is 1. The van der Waals surface area contributed by atoms with E-state index in [1.165, 1.54) is 11.6 Å². The van der Waals surface area contributed by atoms with Gasteiger partial charge >= 0.3 is 0 Å². The maximum absolute atomic E-state index is 14.1. The molecule has 0 amide bonds. The van der Waals surface area contributed by atoms with Crippen molar-refractivity contribution >= 4 is 0 Å². The van der Waals surface area contributed by atoms with E-state index in [9.17, 15) is 4.39 Å². The zero-order valence-electron chi connectivity index (χ0n) is 12.5. The summed E-state index contributed by atoms with van der Waals surface area (Å²) in [5.74, 6) is -0.139. The van der Waals surface area contributed by atoms with Crippen molar-refractivity contribution in [3.63, 3.8) is 0 Å². The molecule has 0 fully saturated rings. The molecule has 2 aromatic carbocycles. The van der Waals surface area contributed by atoms with Crippen LogP contribution in [0.5, 0.6) is 0 Å². The number of hydrogen-bond donors (Lipinski definition) is 1.